The maximum absolute atomic E-state index is 13.0. The van der Waals surface area contributed by atoms with E-state index in [1.807, 2.05) is 54.4 Å². The highest BCUT2D eigenvalue weighted by atomic mass is 35.5. The second-order valence-electron chi connectivity index (χ2n) is 8.05. The topological polar surface area (TPSA) is 65.8 Å². The van der Waals surface area contributed by atoms with Crippen molar-refractivity contribution in [3.8, 4) is 11.3 Å². The van der Waals surface area contributed by atoms with E-state index in [4.69, 9.17) is 16.0 Å². The second-order valence-corrected chi connectivity index (χ2v) is 8.46. The largest absolute Gasteiger partial charge is 0.457 e. The van der Waals surface area contributed by atoms with E-state index in [1.54, 1.807) is 18.2 Å². The summed E-state index contributed by atoms with van der Waals surface area (Å²) in [5.74, 6) is 0.935. The molecule has 0 saturated carbocycles. The summed E-state index contributed by atoms with van der Waals surface area (Å²) in [7, 11) is 2.05. The van der Waals surface area contributed by atoms with E-state index in [-0.39, 0.29) is 11.8 Å². The van der Waals surface area contributed by atoms with Gasteiger partial charge in [-0.25, -0.2) is 0 Å². The minimum atomic E-state index is -0.157. The number of fused-ring (bicyclic) bond motifs is 1. The summed E-state index contributed by atoms with van der Waals surface area (Å²) in [5.41, 5.74) is 3.42. The fraction of sp³-hybridized carbons (Fsp3) is 0.200. The first-order chi connectivity index (χ1) is 15.5. The van der Waals surface area contributed by atoms with Crippen LogP contribution in [0.3, 0.4) is 0 Å². The summed E-state index contributed by atoms with van der Waals surface area (Å²) < 4.78 is 6.00. The molecule has 0 bridgehead atoms. The van der Waals surface area contributed by atoms with E-state index < -0.39 is 0 Å². The smallest absolute Gasteiger partial charge is 0.256 e. The molecule has 0 atom stereocenters. The van der Waals surface area contributed by atoms with Crippen LogP contribution < -0.4 is 5.32 Å². The van der Waals surface area contributed by atoms with Gasteiger partial charge >= 0.3 is 0 Å². The van der Waals surface area contributed by atoms with Crippen molar-refractivity contribution in [2.24, 2.45) is 0 Å². The van der Waals surface area contributed by atoms with Gasteiger partial charge < -0.3 is 19.5 Å². The van der Waals surface area contributed by atoms with Gasteiger partial charge in [0.25, 0.3) is 11.8 Å². The van der Waals surface area contributed by atoms with Crippen LogP contribution in [0, 0.1) is 0 Å². The molecule has 0 spiro atoms. The summed E-state index contributed by atoms with van der Waals surface area (Å²) in [4.78, 5) is 29.4. The molecule has 0 unspecified atom stereocenters. The van der Waals surface area contributed by atoms with E-state index in [1.165, 1.54) is 0 Å². The van der Waals surface area contributed by atoms with Crippen molar-refractivity contribution in [2.75, 3.05) is 38.5 Å². The third-order valence-corrected chi connectivity index (χ3v) is 6.22. The van der Waals surface area contributed by atoms with Crippen molar-refractivity contribution in [1.29, 1.82) is 0 Å². The average molecular weight is 448 g/mol. The number of benzene rings is 2. The van der Waals surface area contributed by atoms with Crippen molar-refractivity contribution < 1.29 is 14.0 Å². The SMILES string of the molecule is CN1CCN(C(=O)c2cc(-c3ccc(/C=C4/C(=O)Nc5ccccc54)o3)ccc2Cl)CC1. The first-order valence-corrected chi connectivity index (χ1v) is 10.9. The van der Waals surface area contributed by atoms with Crippen molar-refractivity contribution in [3.63, 3.8) is 0 Å². The Morgan fingerprint density at radius 3 is 2.66 bits per heavy atom. The molecule has 1 N–H and O–H groups in total. The van der Waals surface area contributed by atoms with Crippen LogP contribution in [-0.2, 0) is 4.79 Å². The summed E-state index contributed by atoms with van der Waals surface area (Å²) in [6, 6.07) is 16.5. The number of nitrogens with one attached hydrogen (secondary N) is 1. The Kier molecular flexibility index (Phi) is 5.33. The number of furan rings is 1. The first kappa shape index (κ1) is 20.5. The fourth-order valence-electron chi connectivity index (χ4n) is 4.03. The van der Waals surface area contributed by atoms with Gasteiger partial charge in [0.2, 0.25) is 0 Å². The first-order valence-electron chi connectivity index (χ1n) is 10.5. The number of likely N-dealkylation sites (N-methyl/N-ethyl adjacent to an activating group) is 1. The number of hydrogen-bond donors (Lipinski definition) is 1. The molecule has 1 aromatic heterocycles. The quantitative estimate of drug-likeness (QED) is 0.601. The lowest BCUT2D eigenvalue weighted by Crippen LogP contribution is -2.47. The van der Waals surface area contributed by atoms with Crippen molar-refractivity contribution in [1.82, 2.24) is 9.80 Å². The second kappa shape index (κ2) is 8.30. The van der Waals surface area contributed by atoms with Gasteiger partial charge in [0, 0.05) is 43.0 Å². The fourth-order valence-corrected chi connectivity index (χ4v) is 4.23. The van der Waals surface area contributed by atoms with E-state index in [9.17, 15) is 9.59 Å². The molecule has 7 heteroatoms. The number of amides is 2. The van der Waals surface area contributed by atoms with E-state index in [2.05, 4.69) is 10.2 Å². The molecule has 5 rings (SSSR count). The third-order valence-electron chi connectivity index (χ3n) is 5.90. The van der Waals surface area contributed by atoms with Gasteiger partial charge in [-0.1, -0.05) is 29.8 Å². The zero-order valence-electron chi connectivity index (χ0n) is 17.6. The van der Waals surface area contributed by atoms with Crippen LogP contribution >= 0.6 is 11.6 Å². The van der Waals surface area contributed by atoms with Gasteiger partial charge in [-0.05, 0) is 49.5 Å². The normalized spacial score (nSPS) is 17.5. The molecule has 0 aliphatic carbocycles. The summed E-state index contributed by atoms with van der Waals surface area (Å²) in [6.45, 7) is 3.04. The zero-order chi connectivity index (χ0) is 22.2. The van der Waals surface area contributed by atoms with Gasteiger partial charge in [0.15, 0.2) is 0 Å². The zero-order valence-corrected chi connectivity index (χ0v) is 18.4. The van der Waals surface area contributed by atoms with Crippen LogP contribution in [0.15, 0.2) is 59.0 Å². The van der Waals surface area contributed by atoms with Gasteiger partial charge in [0.05, 0.1) is 16.2 Å². The molecule has 0 radical (unpaired) electrons. The predicted octanol–water partition coefficient (Wildman–Crippen LogP) is 4.48. The van der Waals surface area contributed by atoms with E-state index in [0.717, 1.165) is 29.9 Å². The molecule has 32 heavy (non-hydrogen) atoms. The Hall–Kier alpha value is -3.35. The average Bonchev–Trinajstić information content (AvgIpc) is 3.39. The van der Waals surface area contributed by atoms with Gasteiger partial charge in [0.1, 0.15) is 11.5 Å². The minimum Gasteiger partial charge on any atom is -0.457 e. The van der Waals surface area contributed by atoms with Gasteiger partial charge in [-0.15, -0.1) is 0 Å². The van der Waals surface area contributed by atoms with Crippen molar-refractivity contribution in [2.45, 2.75) is 0 Å². The summed E-state index contributed by atoms with van der Waals surface area (Å²) in [5, 5.41) is 3.28. The Labute approximate surface area is 191 Å². The van der Waals surface area contributed by atoms with Crippen LogP contribution in [0.1, 0.15) is 21.7 Å². The van der Waals surface area contributed by atoms with E-state index >= 15 is 0 Å². The molecule has 162 valence electrons. The molecule has 1 saturated heterocycles. The molecule has 3 aromatic rings. The number of rotatable bonds is 3. The number of carbonyl (C=O) groups is 2. The number of piperazine rings is 1. The molecular formula is C25H22ClN3O3. The number of para-hydroxylation sites is 1. The van der Waals surface area contributed by atoms with Crippen molar-refractivity contribution in [3.05, 3.63) is 76.5 Å². The van der Waals surface area contributed by atoms with E-state index in [0.29, 0.717) is 40.8 Å². The lowest BCUT2D eigenvalue weighted by Gasteiger charge is -2.32. The molecule has 2 amide bonds. The summed E-state index contributed by atoms with van der Waals surface area (Å²) >= 11 is 6.37. The predicted molar refractivity (Wildman–Crippen MR) is 125 cm³/mol. The van der Waals surface area contributed by atoms with Crippen LogP contribution in [-0.4, -0.2) is 54.8 Å². The Morgan fingerprint density at radius 2 is 1.84 bits per heavy atom. The van der Waals surface area contributed by atoms with Crippen LogP contribution in [0.5, 0.6) is 0 Å². The number of anilines is 1. The third kappa shape index (κ3) is 3.83. The lowest BCUT2D eigenvalue weighted by molar-refractivity contribution is -0.110. The Balaban J connectivity index is 1.42. The molecule has 1 fully saturated rings. The maximum atomic E-state index is 13.0. The molecule has 2 aromatic carbocycles. The minimum absolute atomic E-state index is 0.0712. The van der Waals surface area contributed by atoms with Crippen LogP contribution in [0.4, 0.5) is 5.69 Å². The highest BCUT2D eigenvalue weighted by Crippen LogP contribution is 2.34. The van der Waals surface area contributed by atoms with Gasteiger partial charge in [-0.3, -0.25) is 9.59 Å². The highest BCUT2D eigenvalue weighted by molar-refractivity contribution is 6.35. The maximum Gasteiger partial charge on any atom is 0.256 e. The monoisotopic (exact) mass is 447 g/mol. The molecule has 3 heterocycles. The number of nitrogens with zero attached hydrogens (tertiary/aromatic N) is 2. The van der Waals surface area contributed by atoms with Crippen LogP contribution in [0.2, 0.25) is 5.02 Å². The summed E-state index contributed by atoms with van der Waals surface area (Å²) in [6.07, 6.45) is 1.73. The Morgan fingerprint density at radius 1 is 1.06 bits per heavy atom. The molecular weight excluding hydrogens is 426 g/mol. The number of halogens is 1. The Bertz CT molecular complexity index is 1240. The molecule has 2 aliphatic heterocycles. The number of hydrogen-bond acceptors (Lipinski definition) is 4. The lowest BCUT2D eigenvalue weighted by atomic mass is 10.1. The highest BCUT2D eigenvalue weighted by Gasteiger charge is 2.25. The van der Waals surface area contributed by atoms with Gasteiger partial charge in [-0.2, -0.15) is 0 Å². The van der Waals surface area contributed by atoms with Crippen molar-refractivity contribution >= 4 is 40.8 Å². The number of carbonyl (C=O) groups excluding carboxylic acids is 2. The molecule has 6 nitrogen and oxygen atoms in total. The standard InChI is InChI=1S/C25H22ClN3O3/c1-28-10-12-29(13-11-28)25(31)20-14-16(6-8-21(20)26)23-9-7-17(32-23)15-19-18-4-2-3-5-22(18)27-24(19)30/h2-9,14-15H,10-13H2,1H3,(H,27,30)/b19-15+. The molecule has 2 aliphatic rings. The van der Waals surface area contributed by atoms with Crippen LogP contribution in [0.25, 0.3) is 23.0 Å².